The van der Waals surface area contributed by atoms with Gasteiger partial charge in [-0.3, -0.25) is 4.79 Å². The van der Waals surface area contributed by atoms with Gasteiger partial charge < -0.3 is 25.5 Å². The molecule has 0 aliphatic carbocycles. The van der Waals surface area contributed by atoms with Crippen LogP contribution < -0.4 is 0 Å². The minimum atomic E-state index is -1.59. The number of aliphatic carboxylic acids is 4. The van der Waals surface area contributed by atoms with Crippen molar-refractivity contribution in [3.63, 3.8) is 0 Å². The molecule has 0 aliphatic heterocycles. The molecule has 2 unspecified atom stereocenters. The first-order valence-electron chi connectivity index (χ1n) is 12.3. The van der Waals surface area contributed by atoms with Gasteiger partial charge in [-0.05, 0) is 42.4 Å². The molecule has 0 radical (unpaired) electrons. The number of unbranched alkanes of at least 4 members (excludes halogenated alkanes) is 2. The molecular weight excluding hydrogens is 468 g/mol. The van der Waals surface area contributed by atoms with Gasteiger partial charge >= 0.3 is 23.9 Å². The number of hydrogen-bond acceptors (Lipinski definition) is 5. The molecule has 9 nitrogen and oxygen atoms in total. The summed E-state index contributed by atoms with van der Waals surface area (Å²) in [5.74, 6) is -7.37. The molecule has 9 heteroatoms. The average Bonchev–Trinajstić information content (AvgIpc) is 2.81. The van der Waals surface area contributed by atoms with Gasteiger partial charge in [0.15, 0.2) is 0 Å². The molecule has 0 aromatic carbocycles. The van der Waals surface area contributed by atoms with Gasteiger partial charge in [-0.15, -0.1) is 6.58 Å². The molecule has 0 aromatic rings. The minimum Gasteiger partial charge on any atom is -0.481 e. The molecule has 0 saturated heterocycles. The topological polar surface area (TPSA) is 169 Å². The fourth-order valence-electron chi connectivity index (χ4n) is 3.98. The molecular formula is C27H40O9. The van der Waals surface area contributed by atoms with Crippen molar-refractivity contribution in [2.75, 3.05) is 6.61 Å². The zero-order valence-electron chi connectivity index (χ0n) is 21.5. The van der Waals surface area contributed by atoms with Gasteiger partial charge in [-0.25, -0.2) is 14.4 Å². The van der Waals surface area contributed by atoms with Crippen molar-refractivity contribution in [3.8, 4) is 0 Å². The third-order valence-corrected chi connectivity index (χ3v) is 6.06. The first-order chi connectivity index (χ1) is 17.0. The summed E-state index contributed by atoms with van der Waals surface area (Å²) >= 11 is 0. The smallest absolute Gasteiger partial charge is 0.332 e. The van der Waals surface area contributed by atoms with E-state index in [2.05, 4.69) is 6.58 Å². The monoisotopic (exact) mass is 508 g/mol. The van der Waals surface area contributed by atoms with E-state index >= 15 is 0 Å². The van der Waals surface area contributed by atoms with Crippen molar-refractivity contribution >= 4 is 23.9 Å². The Kier molecular flexibility index (Phi) is 15.7. The Bertz CT molecular complexity index is 893. The molecule has 0 heterocycles. The average molecular weight is 509 g/mol. The van der Waals surface area contributed by atoms with Crippen LogP contribution in [0.15, 0.2) is 46.6 Å². The van der Waals surface area contributed by atoms with Crippen LogP contribution in [0.2, 0.25) is 0 Å². The summed E-state index contributed by atoms with van der Waals surface area (Å²) in [6, 6.07) is 0. The normalized spacial score (nSPS) is 14.8. The minimum absolute atomic E-state index is 0.0147. The van der Waals surface area contributed by atoms with Gasteiger partial charge in [0, 0.05) is 29.7 Å². The Morgan fingerprint density at radius 3 is 1.81 bits per heavy atom. The van der Waals surface area contributed by atoms with Gasteiger partial charge in [0.05, 0.1) is 0 Å². The molecule has 0 aromatic heterocycles. The second-order valence-electron chi connectivity index (χ2n) is 8.62. The summed E-state index contributed by atoms with van der Waals surface area (Å²) in [7, 11) is 0. The highest BCUT2D eigenvalue weighted by atomic mass is 16.4. The van der Waals surface area contributed by atoms with E-state index in [0.29, 0.717) is 25.7 Å². The highest BCUT2D eigenvalue weighted by molar-refractivity contribution is 5.96. The quantitative estimate of drug-likeness (QED) is 0.0931. The van der Waals surface area contributed by atoms with Crippen LogP contribution in [0.4, 0.5) is 0 Å². The summed E-state index contributed by atoms with van der Waals surface area (Å²) in [6.07, 6.45) is 5.68. The number of allylic oxidation sites excluding steroid dienone is 2. The van der Waals surface area contributed by atoms with Gasteiger partial charge in [-0.2, -0.15) is 0 Å². The maximum Gasteiger partial charge on any atom is 0.332 e. The van der Waals surface area contributed by atoms with Crippen LogP contribution in [0.3, 0.4) is 0 Å². The van der Waals surface area contributed by atoms with Crippen LogP contribution in [0.5, 0.6) is 0 Å². The SMILES string of the molecule is C=CC(C(=O)O)C(C(C=C(CCO)C(=O)O)=C(CCCC)C(=O)O)=C(CC(CC)CCCC)C(=O)O. The Hall–Kier alpha value is -3.20. The van der Waals surface area contributed by atoms with Crippen molar-refractivity contribution in [2.45, 2.75) is 78.6 Å². The molecule has 0 amide bonds. The molecule has 0 saturated carbocycles. The fourth-order valence-corrected chi connectivity index (χ4v) is 3.98. The molecule has 202 valence electrons. The summed E-state index contributed by atoms with van der Waals surface area (Å²) in [5, 5.41) is 49.2. The fraction of sp³-hybridized carbons (Fsp3) is 0.556. The number of hydrogen-bond donors (Lipinski definition) is 5. The van der Waals surface area contributed by atoms with E-state index in [1.807, 2.05) is 20.8 Å². The zero-order chi connectivity index (χ0) is 27.8. The van der Waals surface area contributed by atoms with Crippen molar-refractivity contribution in [2.24, 2.45) is 11.8 Å². The summed E-state index contributed by atoms with van der Waals surface area (Å²) in [6.45, 7) is 8.71. The summed E-state index contributed by atoms with van der Waals surface area (Å²) < 4.78 is 0. The molecule has 0 spiro atoms. The number of carboxylic acids is 4. The molecule has 2 atom stereocenters. The zero-order valence-corrected chi connectivity index (χ0v) is 21.5. The van der Waals surface area contributed by atoms with Crippen LogP contribution in [0.1, 0.15) is 78.6 Å². The van der Waals surface area contributed by atoms with Gasteiger partial charge in [0.25, 0.3) is 0 Å². The van der Waals surface area contributed by atoms with Crippen molar-refractivity contribution in [1.82, 2.24) is 0 Å². The highest BCUT2D eigenvalue weighted by Gasteiger charge is 2.32. The van der Waals surface area contributed by atoms with E-state index in [1.165, 1.54) is 0 Å². The predicted molar refractivity (Wildman–Crippen MR) is 136 cm³/mol. The third-order valence-electron chi connectivity index (χ3n) is 6.06. The third kappa shape index (κ3) is 10.2. The van der Waals surface area contributed by atoms with E-state index in [-0.39, 0.29) is 53.0 Å². The van der Waals surface area contributed by atoms with E-state index < -0.39 is 36.4 Å². The standard InChI is InChI=1S/C27H40O9/c1-5-9-11-17(7-3)15-22(27(35)36)23(19(8-4)25(31)32)21(16-18(13-14-28)24(29)30)20(26(33)34)12-10-6-2/h8,16-17,19,28H,4-7,9-15H2,1-3H3,(H,29,30)(H,31,32)(H,33,34)(H,35,36). The van der Waals surface area contributed by atoms with Crippen molar-refractivity contribution in [3.05, 3.63) is 46.6 Å². The second-order valence-corrected chi connectivity index (χ2v) is 8.62. The highest BCUT2D eigenvalue weighted by Crippen LogP contribution is 2.35. The van der Waals surface area contributed by atoms with Crippen LogP contribution in [0.25, 0.3) is 0 Å². The Balaban J connectivity index is 7.79. The number of aliphatic hydroxyl groups excluding tert-OH is 1. The molecule has 5 N–H and O–H groups in total. The van der Waals surface area contributed by atoms with Gasteiger partial charge in [0.2, 0.25) is 0 Å². The molecule has 0 aliphatic rings. The maximum absolute atomic E-state index is 12.5. The van der Waals surface area contributed by atoms with E-state index in [9.17, 15) is 44.7 Å². The predicted octanol–water partition coefficient (Wildman–Crippen LogP) is 4.83. The number of aliphatic hydroxyl groups is 1. The first kappa shape index (κ1) is 32.8. The van der Waals surface area contributed by atoms with Gasteiger partial charge in [0.1, 0.15) is 5.92 Å². The maximum atomic E-state index is 12.5. The van der Waals surface area contributed by atoms with Crippen LogP contribution >= 0.6 is 0 Å². The molecule has 0 fully saturated rings. The molecule has 36 heavy (non-hydrogen) atoms. The lowest BCUT2D eigenvalue weighted by Gasteiger charge is -2.23. The lowest BCUT2D eigenvalue weighted by molar-refractivity contribution is -0.139. The summed E-state index contributed by atoms with van der Waals surface area (Å²) in [4.78, 5) is 49.0. The first-order valence-corrected chi connectivity index (χ1v) is 12.3. The van der Waals surface area contributed by atoms with Crippen LogP contribution in [-0.4, -0.2) is 56.0 Å². The van der Waals surface area contributed by atoms with Gasteiger partial charge in [-0.1, -0.05) is 59.0 Å². The Labute approximate surface area is 212 Å². The van der Waals surface area contributed by atoms with Crippen LogP contribution in [-0.2, 0) is 19.2 Å². The lowest BCUT2D eigenvalue weighted by atomic mass is 9.80. The van der Waals surface area contributed by atoms with Crippen LogP contribution in [0, 0.1) is 11.8 Å². The van der Waals surface area contributed by atoms with Crippen molar-refractivity contribution < 1.29 is 44.7 Å². The number of rotatable bonds is 19. The number of carbonyl (C=O) groups is 4. The summed E-state index contributed by atoms with van der Waals surface area (Å²) in [5.41, 5.74) is -1.48. The molecule has 0 rings (SSSR count). The Morgan fingerprint density at radius 1 is 0.833 bits per heavy atom. The largest absolute Gasteiger partial charge is 0.481 e. The van der Waals surface area contributed by atoms with E-state index in [4.69, 9.17) is 0 Å². The lowest BCUT2D eigenvalue weighted by Crippen LogP contribution is -2.23. The van der Waals surface area contributed by atoms with Crippen molar-refractivity contribution in [1.29, 1.82) is 0 Å². The second kappa shape index (κ2) is 17.3. The van der Waals surface area contributed by atoms with E-state index in [0.717, 1.165) is 25.0 Å². The Morgan fingerprint density at radius 2 is 1.42 bits per heavy atom. The number of carboxylic acid groups (broad SMARTS) is 4. The van der Waals surface area contributed by atoms with E-state index in [1.54, 1.807) is 0 Å². The molecule has 0 bridgehead atoms.